The zero-order valence-electron chi connectivity index (χ0n) is 5.93. The maximum absolute atomic E-state index is 10.5. The molecule has 0 bridgehead atoms. The van der Waals surface area contributed by atoms with E-state index >= 15 is 0 Å². The van der Waals surface area contributed by atoms with Crippen LogP contribution < -0.4 is 4.74 Å². The highest BCUT2D eigenvalue weighted by Crippen LogP contribution is 2.06. The predicted molar refractivity (Wildman–Crippen MR) is 37.5 cm³/mol. The second-order valence-electron chi connectivity index (χ2n) is 1.88. The van der Waals surface area contributed by atoms with Crippen LogP contribution in [0.25, 0.3) is 0 Å². The Morgan fingerprint density at radius 3 is 2.42 bits per heavy atom. The molecular weight excluding hydrogens is 162 g/mol. The smallest absolute Gasteiger partial charge is 0.422 e. The summed E-state index contributed by atoms with van der Waals surface area (Å²) in [5.74, 6) is -2.76. The number of rotatable bonds is 1. The third-order valence-corrected chi connectivity index (χ3v) is 1.03. The average Bonchev–Trinajstić information content (AvgIpc) is 2.06. The molecule has 0 aliphatic heterocycles. The minimum absolute atomic E-state index is 0.164. The van der Waals surface area contributed by atoms with Crippen molar-refractivity contribution >= 4 is 11.9 Å². The molecule has 0 saturated heterocycles. The van der Waals surface area contributed by atoms with Crippen LogP contribution in [0, 0.1) is 0 Å². The van der Waals surface area contributed by atoms with Gasteiger partial charge in [-0.1, -0.05) is 0 Å². The molecule has 0 aromatic carbocycles. The van der Waals surface area contributed by atoms with Crippen molar-refractivity contribution in [1.29, 1.82) is 0 Å². The van der Waals surface area contributed by atoms with Gasteiger partial charge in [-0.15, -0.1) is 0 Å². The monoisotopic (exact) mass is 167 g/mol. The van der Waals surface area contributed by atoms with Crippen LogP contribution in [-0.4, -0.2) is 22.0 Å². The van der Waals surface area contributed by atoms with E-state index in [0.29, 0.717) is 0 Å². The first-order valence-electron chi connectivity index (χ1n) is 3.05. The molecule has 0 amide bonds. The predicted octanol–water partition coefficient (Wildman–Crippen LogP) is 0.0716. The Morgan fingerprint density at radius 1 is 1.33 bits per heavy atom. The van der Waals surface area contributed by atoms with Crippen LogP contribution in [-0.2, 0) is 9.59 Å². The van der Waals surface area contributed by atoms with E-state index in [2.05, 4.69) is 9.72 Å². The molecule has 1 aromatic heterocycles. The molecule has 5 heteroatoms. The quantitative estimate of drug-likeness (QED) is 0.473. The van der Waals surface area contributed by atoms with Crippen molar-refractivity contribution < 1.29 is 19.4 Å². The van der Waals surface area contributed by atoms with Gasteiger partial charge in [0.05, 0.1) is 0 Å². The summed E-state index contributed by atoms with van der Waals surface area (Å²) in [4.78, 5) is 24.1. The molecule has 0 radical (unpaired) electrons. The Hall–Kier alpha value is -1.91. The summed E-state index contributed by atoms with van der Waals surface area (Å²) in [5.41, 5.74) is 0. The van der Waals surface area contributed by atoms with Gasteiger partial charge in [0.2, 0.25) is 0 Å². The highest BCUT2D eigenvalue weighted by atomic mass is 16.6. The number of carbonyl (C=O) groups is 2. The Balaban J connectivity index is 2.65. The Labute approximate surface area is 67.6 Å². The van der Waals surface area contributed by atoms with E-state index in [9.17, 15) is 9.59 Å². The number of hydrogen-bond donors (Lipinski definition) is 1. The Bertz CT molecular complexity index is 296. The fourth-order valence-electron chi connectivity index (χ4n) is 0.557. The van der Waals surface area contributed by atoms with Crippen molar-refractivity contribution in [2.45, 2.75) is 0 Å². The zero-order chi connectivity index (χ0) is 8.97. The molecule has 1 N–H and O–H groups in total. The normalized spacial score (nSPS) is 9.00. The number of esters is 1. The summed E-state index contributed by atoms with van der Waals surface area (Å²) in [6.45, 7) is 0. The van der Waals surface area contributed by atoms with Gasteiger partial charge >= 0.3 is 11.9 Å². The molecule has 62 valence electrons. The first-order valence-corrected chi connectivity index (χ1v) is 3.05. The van der Waals surface area contributed by atoms with E-state index in [0.717, 1.165) is 0 Å². The number of carboxylic acids is 1. The largest absolute Gasteiger partial charge is 0.473 e. The van der Waals surface area contributed by atoms with Crippen LogP contribution in [0.2, 0.25) is 0 Å². The summed E-state index contributed by atoms with van der Waals surface area (Å²) < 4.78 is 4.40. The summed E-state index contributed by atoms with van der Waals surface area (Å²) in [5, 5.41) is 8.15. The van der Waals surface area contributed by atoms with Crippen LogP contribution in [0.5, 0.6) is 5.75 Å². The van der Waals surface area contributed by atoms with Crippen molar-refractivity contribution in [2.75, 3.05) is 0 Å². The summed E-state index contributed by atoms with van der Waals surface area (Å²) in [6.07, 6.45) is 2.79. The highest BCUT2D eigenvalue weighted by Gasteiger charge is 2.13. The standard InChI is InChI=1S/C7H5NO4/c9-6(10)7(11)12-5-1-3-8-4-2-5/h1-4H,(H,9,10). The van der Waals surface area contributed by atoms with Gasteiger partial charge in [0, 0.05) is 12.4 Å². The molecule has 0 atom stereocenters. The van der Waals surface area contributed by atoms with E-state index in [-0.39, 0.29) is 5.75 Å². The van der Waals surface area contributed by atoms with Gasteiger partial charge in [0.15, 0.2) is 0 Å². The third kappa shape index (κ3) is 2.05. The SMILES string of the molecule is O=C(O)C(=O)Oc1ccncc1. The molecule has 0 unspecified atom stereocenters. The maximum Gasteiger partial charge on any atom is 0.422 e. The number of carboxylic acid groups (broad SMARTS) is 1. The van der Waals surface area contributed by atoms with Crippen LogP contribution in [0.4, 0.5) is 0 Å². The van der Waals surface area contributed by atoms with Crippen LogP contribution in [0.15, 0.2) is 24.5 Å². The number of carbonyl (C=O) groups excluding carboxylic acids is 1. The molecule has 0 fully saturated rings. The molecule has 1 aromatic rings. The molecule has 5 nitrogen and oxygen atoms in total. The lowest BCUT2D eigenvalue weighted by Crippen LogP contribution is -2.19. The van der Waals surface area contributed by atoms with E-state index in [1.807, 2.05) is 0 Å². The minimum atomic E-state index is -1.62. The first-order chi connectivity index (χ1) is 5.70. The van der Waals surface area contributed by atoms with Crippen molar-refractivity contribution in [3.8, 4) is 5.75 Å². The lowest BCUT2D eigenvalue weighted by Gasteiger charge is -1.97. The lowest BCUT2D eigenvalue weighted by atomic mass is 10.4. The molecule has 0 aliphatic rings. The van der Waals surface area contributed by atoms with Gasteiger partial charge in [-0.05, 0) is 12.1 Å². The van der Waals surface area contributed by atoms with Crippen molar-refractivity contribution in [3.05, 3.63) is 24.5 Å². The van der Waals surface area contributed by atoms with E-state index < -0.39 is 11.9 Å². The van der Waals surface area contributed by atoms with E-state index in [1.54, 1.807) is 0 Å². The summed E-state index contributed by atoms with van der Waals surface area (Å²) >= 11 is 0. The van der Waals surface area contributed by atoms with E-state index in [1.165, 1.54) is 24.5 Å². The minimum Gasteiger partial charge on any atom is -0.473 e. The van der Waals surface area contributed by atoms with Crippen molar-refractivity contribution in [1.82, 2.24) is 4.98 Å². The van der Waals surface area contributed by atoms with Crippen molar-refractivity contribution in [2.24, 2.45) is 0 Å². The van der Waals surface area contributed by atoms with Gasteiger partial charge in [-0.2, -0.15) is 0 Å². The maximum atomic E-state index is 10.5. The first kappa shape index (κ1) is 8.19. The van der Waals surface area contributed by atoms with Gasteiger partial charge in [-0.3, -0.25) is 4.98 Å². The average molecular weight is 167 g/mol. The molecular formula is C7H5NO4. The van der Waals surface area contributed by atoms with E-state index in [4.69, 9.17) is 5.11 Å². The molecule has 12 heavy (non-hydrogen) atoms. The second kappa shape index (κ2) is 3.47. The molecule has 0 saturated carbocycles. The van der Waals surface area contributed by atoms with Gasteiger partial charge in [0.25, 0.3) is 0 Å². The van der Waals surface area contributed by atoms with Crippen molar-refractivity contribution in [3.63, 3.8) is 0 Å². The highest BCUT2D eigenvalue weighted by molar-refractivity contribution is 6.29. The third-order valence-electron chi connectivity index (χ3n) is 1.03. The van der Waals surface area contributed by atoms with Gasteiger partial charge in [-0.25, -0.2) is 9.59 Å². The van der Waals surface area contributed by atoms with Crippen LogP contribution in [0.3, 0.4) is 0 Å². The second-order valence-corrected chi connectivity index (χ2v) is 1.88. The lowest BCUT2D eigenvalue weighted by molar-refractivity contribution is -0.158. The molecule has 0 aliphatic carbocycles. The van der Waals surface area contributed by atoms with Gasteiger partial charge < -0.3 is 9.84 Å². The number of aromatic nitrogens is 1. The molecule has 0 spiro atoms. The number of pyridine rings is 1. The fourth-order valence-corrected chi connectivity index (χ4v) is 0.557. The Morgan fingerprint density at radius 2 is 1.92 bits per heavy atom. The molecule has 1 rings (SSSR count). The number of ether oxygens (including phenoxy) is 1. The summed E-state index contributed by atoms with van der Waals surface area (Å²) in [7, 11) is 0. The zero-order valence-corrected chi connectivity index (χ0v) is 5.93. The van der Waals surface area contributed by atoms with Crippen LogP contribution in [0.1, 0.15) is 0 Å². The topological polar surface area (TPSA) is 76.5 Å². The van der Waals surface area contributed by atoms with Gasteiger partial charge in [0.1, 0.15) is 5.75 Å². The number of aliphatic carboxylic acids is 1. The fraction of sp³-hybridized carbons (Fsp3) is 0. The summed E-state index contributed by atoms with van der Waals surface area (Å²) in [6, 6.07) is 2.78. The van der Waals surface area contributed by atoms with Crippen LogP contribution >= 0.6 is 0 Å². The number of hydrogen-bond acceptors (Lipinski definition) is 4. The molecule has 1 heterocycles. The number of nitrogens with zero attached hydrogens (tertiary/aromatic N) is 1. The Kier molecular flexibility index (Phi) is 2.37.